The van der Waals surface area contributed by atoms with Crippen LogP contribution in [0.1, 0.15) is 58.6 Å². The van der Waals surface area contributed by atoms with Crippen LogP contribution >= 0.6 is 0 Å². The molecule has 1 atom stereocenters. The highest BCUT2D eigenvalue weighted by molar-refractivity contribution is 6.74. The highest BCUT2D eigenvalue weighted by atomic mass is 14.9. The number of hydrogen-bond acceptors (Lipinski definition) is 1. The van der Waals surface area contributed by atoms with E-state index < -0.39 is 0 Å². The fraction of sp³-hybridized carbons (Fsp3) is 0.524. The van der Waals surface area contributed by atoms with Crippen LogP contribution < -0.4 is 10.8 Å². The van der Waals surface area contributed by atoms with E-state index >= 15 is 0 Å². The van der Waals surface area contributed by atoms with Crippen molar-refractivity contribution in [2.45, 2.75) is 60.1 Å². The summed E-state index contributed by atoms with van der Waals surface area (Å²) in [4.78, 5) is 0. The van der Waals surface area contributed by atoms with Gasteiger partial charge >= 0.3 is 0 Å². The summed E-state index contributed by atoms with van der Waals surface area (Å²) in [7, 11) is 0. The molecular weight excluding hydrogens is 277 g/mol. The molecule has 1 N–H and O–H groups in total. The molecule has 2 aliphatic heterocycles. The average Bonchev–Trinajstić information content (AvgIpc) is 2.78. The van der Waals surface area contributed by atoms with Gasteiger partial charge in [-0.25, -0.2) is 0 Å². The van der Waals surface area contributed by atoms with Crippen LogP contribution in [0.25, 0.3) is 11.3 Å². The Morgan fingerprint density at radius 2 is 1.87 bits per heavy atom. The molecule has 1 saturated heterocycles. The zero-order valence-electron chi connectivity index (χ0n) is 15.4. The lowest BCUT2D eigenvalue weighted by atomic mass is 9.42. The molecule has 1 aromatic rings. The molecule has 1 fully saturated rings. The van der Waals surface area contributed by atoms with Crippen LogP contribution in [0.3, 0.4) is 0 Å². The Labute approximate surface area is 142 Å². The quantitative estimate of drug-likeness (QED) is 0.760. The van der Waals surface area contributed by atoms with Crippen molar-refractivity contribution in [1.82, 2.24) is 5.32 Å². The number of rotatable bonds is 3. The maximum atomic E-state index is 4.21. The topological polar surface area (TPSA) is 12.0 Å². The zero-order valence-corrected chi connectivity index (χ0v) is 15.4. The van der Waals surface area contributed by atoms with Gasteiger partial charge in [0, 0.05) is 17.5 Å². The summed E-state index contributed by atoms with van der Waals surface area (Å²) in [6.45, 7) is 16.8. The third-order valence-corrected chi connectivity index (χ3v) is 6.86. The molecule has 3 rings (SSSR count). The lowest BCUT2D eigenvalue weighted by Crippen LogP contribution is -2.29. The normalized spacial score (nSPS) is 25.9. The van der Waals surface area contributed by atoms with Gasteiger partial charge in [0.25, 0.3) is 0 Å². The second-order valence-corrected chi connectivity index (χ2v) is 8.35. The first-order valence-corrected chi connectivity index (χ1v) is 9.10. The van der Waals surface area contributed by atoms with Crippen LogP contribution in [0, 0.1) is 10.8 Å². The maximum Gasteiger partial charge on any atom is 0.177 e. The molecule has 1 unspecified atom stereocenters. The largest absolute Gasteiger partial charge is 0.361 e. The van der Waals surface area contributed by atoms with Gasteiger partial charge in [0.15, 0.2) is 6.71 Å². The maximum absolute atomic E-state index is 4.21. The van der Waals surface area contributed by atoms with E-state index in [1.165, 1.54) is 41.2 Å². The minimum Gasteiger partial charge on any atom is -0.361 e. The van der Waals surface area contributed by atoms with Crippen molar-refractivity contribution in [1.29, 1.82) is 0 Å². The van der Waals surface area contributed by atoms with E-state index in [0.29, 0.717) is 17.5 Å². The number of hydrogen-bond donors (Lipinski definition) is 1. The Kier molecular flexibility index (Phi) is 3.98. The van der Waals surface area contributed by atoms with Crippen molar-refractivity contribution in [2.75, 3.05) is 0 Å². The Balaban J connectivity index is 1.96. The third-order valence-electron chi connectivity index (χ3n) is 6.86. The van der Waals surface area contributed by atoms with Crippen molar-refractivity contribution in [3.63, 3.8) is 0 Å². The number of benzene rings is 1. The average molecular weight is 307 g/mol. The minimum absolute atomic E-state index is 0.409. The van der Waals surface area contributed by atoms with E-state index in [0.717, 1.165) is 12.1 Å². The van der Waals surface area contributed by atoms with Gasteiger partial charge in [0.05, 0.1) is 0 Å². The van der Waals surface area contributed by atoms with Gasteiger partial charge in [-0.05, 0) is 28.4 Å². The lowest BCUT2D eigenvalue weighted by molar-refractivity contribution is 0.146. The molecule has 0 radical (unpaired) electrons. The highest BCUT2D eigenvalue weighted by Crippen LogP contribution is 2.55. The van der Waals surface area contributed by atoms with Crippen molar-refractivity contribution in [2.24, 2.45) is 10.8 Å². The van der Waals surface area contributed by atoms with Crippen LogP contribution in [-0.2, 0) is 0 Å². The lowest BCUT2D eigenvalue weighted by Gasteiger charge is -2.38. The predicted octanol–water partition coefficient (Wildman–Crippen LogP) is 5.17. The molecular formula is C21H30BN. The molecule has 1 aromatic carbocycles. The fourth-order valence-corrected chi connectivity index (χ4v) is 4.58. The van der Waals surface area contributed by atoms with Gasteiger partial charge in [-0.1, -0.05) is 83.9 Å². The Morgan fingerprint density at radius 3 is 2.48 bits per heavy atom. The van der Waals surface area contributed by atoms with E-state index in [-0.39, 0.29) is 0 Å². The Morgan fingerprint density at radius 1 is 1.13 bits per heavy atom. The van der Waals surface area contributed by atoms with Crippen molar-refractivity contribution >= 4 is 23.4 Å². The molecule has 2 heterocycles. The summed E-state index contributed by atoms with van der Waals surface area (Å²) in [5, 5.41) is 3.34. The summed E-state index contributed by atoms with van der Waals surface area (Å²) in [5.74, 6) is 0. The summed E-state index contributed by atoms with van der Waals surface area (Å²) in [6, 6.07) is 7.08. The van der Waals surface area contributed by atoms with Crippen LogP contribution in [0.5, 0.6) is 0 Å². The van der Waals surface area contributed by atoms with Crippen molar-refractivity contribution < 1.29 is 0 Å². The van der Waals surface area contributed by atoms with Crippen LogP contribution in [0.15, 0.2) is 31.0 Å². The van der Waals surface area contributed by atoms with Gasteiger partial charge in [-0.15, -0.1) is 0 Å². The van der Waals surface area contributed by atoms with Crippen LogP contribution in [-0.4, -0.2) is 6.71 Å². The monoisotopic (exact) mass is 307 g/mol. The van der Waals surface area contributed by atoms with E-state index in [4.69, 9.17) is 0 Å². The predicted molar refractivity (Wildman–Crippen MR) is 104 cm³/mol. The van der Waals surface area contributed by atoms with E-state index in [9.17, 15) is 0 Å². The first kappa shape index (κ1) is 16.4. The van der Waals surface area contributed by atoms with Gasteiger partial charge in [-0.3, -0.25) is 0 Å². The summed E-state index contributed by atoms with van der Waals surface area (Å²) >= 11 is 0. The molecule has 2 aliphatic rings. The molecule has 0 bridgehead atoms. The molecule has 0 amide bonds. The zero-order chi connectivity index (χ0) is 16.8. The molecule has 0 spiro atoms. The van der Waals surface area contributed by atoms with E-state index in [2.05, 4.69) is 70.9 Å². The number of nitrogens with one attached hydrogen (secondary N) is 1. The molecule has 122 valence electrons. The van der Waals surface area contributed by atoms with Crippen LogP contribution in [0.4, 0.5) is 0 Å². The van der Waals surface area contributed by atoms with E-state index in [1.54, 1.807) is 0 Å². The highest BCUT2D eigenvalue weighted by Gasteiger charge is 2.49. The first-order chi connectivity index (χ1) is 10.8. The first-order valence-electron chi connectivity index (χ1n) is 9.10. The van der Waals surface area contributed by atoms with Crippen molar-refractivity contribution in [3.8, 4) is 0 Å². The molecule has 0 aliphatic carbocycles. The fourth-order valence-electron chi connectivity index (χ4n) is 4.58. The smallest absolute Gasteiger partial charge is 0.177 e. The Bertz CT molecular complexity index is 670. The van der Waals surface area contributed by atoms with Crippen LogP contribution in [0.2, 0.25) is 12.6 Å². The number of allylic oxidation sites excluding steroid dienone is 1. The minimum atomic E-state index is 0.409. The van der Waals surface area contributed by atoms with Gasteiger partial charge in [0.2, 0.25) is 0 Å². The molecule has 0 aromatic heterocycles. The second-order valence-electron chi connectivity index (χ2n) is 8.35. The molecule has 23 heavy (non-hydrogen) atoms. The van der Waals surface area contributed by atoms with E-state index in [1.807, 2.05) is 0 Å². The molecule has 1 nitrogen and oxygen atoms in total. The molecule has 2 heteroatoms. The number of fused-ring (bicyclic) bond motifs is 1. The van der Waals surface area contributed by atoms with Gasteiger partial charge < -0.3 is 5.32 Å². The standard InChI is InChI=1S/C21H30BN/c1-7-16-12-23-15(3)19-11-17(9-10-18(16)19)22-13-20(4,5)21(6,8-2)14-22/h9-12,23H,3,7-8,13-14H2,1-2,4-6H3. The molecule has 0 saturated carbocycles. The summed E-state index contributed by atoms with van der Waals surface area (Å²) < 4.78 is 0. The van der Waals surface area contributed by atoms with Gasteiger partial charge in [0.1, 0.15) is 0 Å². The third kappa shape index (κ3) is 2.57. The summed E-state index contributed by atoms with van der Waals surface area (Å²) in [5.41, 5.74) is 7.41. The SMILES string of the molecule is C=C1NC=C(CC)c2ccc(B3CC(C)(C)C(C)(CC)C3)cc21. The van der Waals surface area contributed by atoms with Gasteiger partial charge in [-0.2, -0.15) is 0 Å². The second kappa shape index (κ2) is 5.58. The van der Waals surface area contributed by atoms with Crippen molar-refractivity contribution in [3.05, 3.63) is 42.1 Å². The summed E-state index contributed by atoms with van der Waals surface area (Å²) in [6.07, 6.45) is 7.00. The Hall–Kier alpha value is -1.44.